The van der Waals surface area contributed by atoms with Gasteiger partial charge in [-0.05, 0) is 26.6 Å². The average Bonchev–Trinajstić information content (AvgIpc) is 2.26. The fourth-order valence-corrected chi connectivity index (χ4v) is 2.91. The van der Waals surface area contributed by atoms with Crippen molar-refractivity contribution >= 4 is 32.5 Å². The summed E-state index contributed by atoms with van der Waals surface area (Å²) >= 11 is -2.29. The molecule has 0 bridgehead atoms. The van der Waals surface area contributed by atoms with Crippen molar-refractivity contribution in [2.75, 3.05) is 20.1 Å². The molecule has 0 unspecified atom stereocenters. The first-order valence-electron chi connectivity index (χ1n) is 6.37. The molecule has 0 aromatic rings. The Morgan fingerprint density at radius 2 is 1.58 bits per heavy atom. The number of hydrogen-bond acceptors (Lipinski definition) is 4. The highest BCUT2D eigenvalue weighted by atomic mass is 27.2. The minimum Gasteiger partial charge on any atom is -0.410 e. The van der Waals surface area contributed by atoms with Crippen molar-refractivity contribution in [3.63, 3.8) is 0 Å². The molecule has 8 heteroatoms. The van der Waals surface area contributed by atoms with Crippen molar-refractivity contribution in [3.05, 3.63) is 0 Å². The van der Waals surface area contributed by atoms with E-state index in [1.165, 1.54) is 13.8 Å². The maximum atomic E-state index is 11.7. The highest BCUT2D eigenvalue weighted by Crippen LogP contribution is 1.92. The van der Waals surface area contributed by atoms with Gasteiger partial charge in [-0.3, -0.25) is 14.4 Å². The zero-order chi connectivity index (χ0) is 14.8. The van der Waals surface area contributed by atoms with Crippen LogP contribution in [0.5, 0.6) is 0 Å². The molecule has 0 atom stereocenters. The van der Waals surface area contributed by atoms with Gasteiger partial charge < -0.3 is 17.8 Å². The zero-order valence-electron chi connectivity index (χ0n) is 12.1. The third-order valence-electron chi connectivity index (χ3n) is 2.48. The fraction of sp³-hybridized carbons (Fsp3) is 0.727. The van der Waals surface area contributed by atoms with Crippen LogP contribution in [0.4, 0.5) is 0 Å². The lowest BCUT2D eigenvalue weighted by atomic mass is 10.3. The molecule has 0 aliphatic heterocycles. The van der Waals surface area contributed by atoms with Gasteiger partial charge in [-0.2, -0.15) is 0 Å². The van der Waals surface area contributed by atoms with E-state index in [9.17, 15) is 14.4 Å². The predicted octanol–water partition coefficient (Wildman–Crippen LogP) is -0.908. The zero-order valence-corrected chi connectivity index (χ0v) is 13.2. The Kier molecular flexibility index (Phi) is 9.22. The van der Waals surface area contributed by atoms with E-state index < -0.39 is 14.8 Å². The molecule has 0 aromatic heterocycles. The Morgan fingerprint density at radius 3 is 2.00 bits per heavy atom. The number of nitrogens with one attached hydrogen (secondary N) is 3. The average molecular weight is 286 g/mol. The summed E-state index contributed by atoms with van der Waals surface area (Å²) in [6.45, 7) is 6.54. The van der Waals surface area contributed by atoms with E-state index in [2.05, 4.69) is 24.7 Å². The summed E-state index contributed by atoms with van der Waals surface area (Å²) in [5.41, 5.74) is 0. The lowest BCUT2D eigenvalue weighted by molar-refractivity contribution is -0.119. The van der Waals surface area contributed by atoms with E-state index in [4.69, 9.17) is 0 Å². The van der Waals surface area contributed by atoms with E-state index in [1.54, 1.807) is 0 Å². The van der Waals surface area contributed by atoms with E-state index in [-0.39, 0.29) is 17.7 Å². The van der Waals surface area contributed by atoms with Crippen molar-refractivity contribution in [2.24, 2.45) is 0 Å². The highest BCUT2D eigenvalue weighted by molar-refractivity contribution is 6.59. The predicted molar refractivity (Wildman–Crippen MR) is 73.9 cm³/mol. The molecule has 0 aliphatic rings. The summed E-state index contributed by atoms with van der Waals surface area (Å²) in [4.78, 5) is 35.8. The summed E-state index contributed by atoms with van der Waals surface area (Å²) in [5, 5.41) is 0. The third-order valence-corrected chi connectivity index (χ3v) is 4.49. The van der Waals surface area contributed by atoms with Crippen molar-refractivity contribution in [3.8, 4) is 0 Å². The Labute approximate surface area is 119 Å². The van der Waals surface area contributed by atoms with Crippen molar-refractivity contribution < 1.29 is 14.4 Å². The summed E-state index contributed by atoms with van der Waals surface area (Å²) in [7, 11) is 1.99. The molecule has 0 saturated carbocycles. The van der Waals surface area contributed by atoms with Gasteiger partial charge >= 0.3 is 14.8 Å². The Balaban J connectivity index is 4.08. The third kappa shape index (κ3) is 10.5. The van der Waals surface area contributed by atoms with Crippen molar-refractivity contribution in [1.82, 2.24) is 17.8 Å². The number of nitrogens with zero attached hydrogens (tertiary/aromatic N) is 1. The Hall–Kier alpha value is -1.10. The molecule has 19 heavy (non-hydrogen) atoms. The smallest absolute Gasteiger partial charge is 0.410 e. The van der Waals surface area contributed by atoms with Crippen LogP contribution in [-0.2, 0) is 14.4 Å². The number of rotatable bonds is 8. The van der Waals surface area contributed by atoms with E-state index in [0.717, 1.165) is 19.5 Å². The molecule has 3 amide bonds. The summed E-state index contributed by atoms with van der Waals surface area (Å²) < 4.78 is 7.85. The monoisotopic (exact) mass is 286 g/mol. The molecule has 0 aromatic carbocycles. The standard InChI is InChI=1S/C7H16N2O.2C2H5NO.Al/c1-3-9(2)6-4-5-7(8)10;2*1-2(3)4;/h3-6H2,1-2H3,(H2,8,10);2*1H3,(H2,3,4);/q;;;+3/p-3. The molecule has 0 saturated heterocycles. The molecule has 108 valence electrons. The molecule has 0 fully saturated rings. The number of amides is 3. The molecule has 3 N–H and O–H groups in total. The van der Waals surface area contributed by atoms with Crippen LogP contribution in [0.25, 0.3) is 0 Å². The van der Waals surface area contributed by atoms with Crippen molar-refractivity contribution in [1.29, 1.82) is 0 Å². The van der Waals surface area contributed by atoms with E-state index in [0.29, 0.717) is 6.42 Å². The molecule has 0 aliphatic carbocycles. The van der Waals surface area contributed by atoms with Crippen LogP contribution in [0.1, 0.15) is 33.6 Å². The largest absolute Gasteiger partial charge is 0.740 e. The van der Waals surface area contributed by atoms with Crippen LogP contribution < -0.4 is 12.9 Å². The first-order chi connectivity index (χ1) is 8.85. The molecule has 0 spiro atoms. The molecular weight excluding hydrogens is 263 g/mol. The topological polar surface area (TPSA) is 90.5 Å². The quantitative estimate of drug-likeness (QED) is 0.504. The van der Waals surface area contributed by atoms with Gasteiger partial charge in [0.15, 0.2) is 17.7 Å². The Bertz CT molecular complexity index is 309. The van der Waals surface area contributed by atoms with Crippen LogP contribution in [0, 0.1) is 0 Å². The molecule has 0 rings (SSSR count). The van der Waals surface area contributed by atoms with E-state index in [1.807, 2.05) is 7.05 Å². The summed E-state index contributed by atoms with van der Waals surface area (Å²) in [6.07, 6.45) is 1.13. The van der Waals surface area contributed by atoms with Gasteiger partial charge in [-0.1, -0.05) is 6.92 Å². The van der Waals surface area contributed by atoms with Crippen LogP contribution in [-0.4, -0.2) is 57.6 Å². The minimum absolute atomic E-state index is 0.149. The SMILES string of the molecule is CCN(C)CCCC(=O)[NH][Al]([NH]C(C)=O)[NH]C(C)=O. The summed E-state index contributed by atoms with van der Waals surface area (Å²) in [5.74, 6) is -0.684. The van der Waals surface area contributed by atoms with Crippen molar-refractivity contribution in [2.45, 2.75) is 33.6 Å². The Morgan fingerprint density at radius 1 is 1.05 bits per heavy atom. The number of carbonyl (C=O) groups is 3. The number of carbonyl (C=O) groups excluding carboxylic acids is 3. The number of hydrogen-bond donors (Lipinski definition) is 3. The highest BCUT2D eigenvalue weighted by Gasteiger charge is 2.28. The summed E-state index contributed by atoms with van der Waals surface area (Å²) in [6, 6.07) is 0. The maximum Gasteiger partial charge on any atom is 0.740 e. The van der Waals surface area contributed by atoms with Gasteiger partial charge in [-0.25, -0.2) is 0 Å². The lowest BCUT2D eigenvalue weighted by Gasteiger charge is -2.15. The molecule has 0 radical (unpaired) electrons. The first-order valence-corrected chi connectivity index (χ1v) is 8.10. The second-order valence-electron chi connectivity index (χ2n) is 4.40. The lowest BCUT2D eigenvalue weighted by Crippen LogP contribution is -2.62. The van der Waals surface area contributed by atoms with Gasteiger partial charge in [0.2, 0.25) is 0 Å². The maximum absolute atomic E-state index is 11.7. The van der Waals surface area contributed by atoms with E-state index >= 15 is 0 Å². The van der Waals surface area contributed by atoms with Gasteiger partial charge in [0.1, 0.15) is 0 Å². The second-order valence-corrected chi connectivity index (χ2v) is 6.13. The van der Waals surface area contributed by atoms with Crippen LogP contribution in [0.3, 0.4) is 0 Å². The normalized spacial score (nSPS) is 9.95. The second kappa shape index (κ2) is 9.78. The van der Waals surface area contributed by atoms with Crippen LogP contribution >= 0.6 is 0 Å². The van der Waals surface area contributed by atoms with Gasteiger partial charge in [-0.15, -0.1) is 0 Å². The van der Waals surface area contributed by atoms with Gasteiger partial charge in [0.05, 0.1) is 0 Å². The molecule has 7 nitrogen and oxygen atoms in total. The molecular formula is C11H23AlN4O3. The fourth-order valence-electron chi connectivity index (χ4n) is 1.42. The van der Waals surface area contributed by atoms with Gasteiger partial charge in [0.25, 0.3) is 0 Å². The van der Waals surface area contributed by atoms with Crippen LogP contribution in [0.2, 0.25) is 0 Å². The van der Waals surface area contributed by atoms with Gasteiger partial charge in [0, 0.05) is 20.3 Å². The first kappa shape index (κ1) is 17.9. The minimum atomic E-state index is -2.29. The molecule has 0 heterocycles. The van der Waals surface area contributed by atoms with Crippen LogP contribution in [0.15, 0.2) is 0 Å².